The van der Waals surface area contributed by atoms with Gasteiger partial charge in [-0.2, -0.15) is 0 Å². The van der Waals surface area contributed by atoms with Gasteiger partial charge in [-0.1, -0.05) is 19.0 Å². The number of aromatic nitrogens is 1. The average Bonchev–Trinajstić information content (AvgIpc) is 2.64. The summed E-state index contributed by atoms with van der Waals surface area (Å²) < 4.78 is 5.20. The van der Waals surface area contributed by atoms with Gasteiger partial charge >= 0.3 is 5.97 Å². The van der Waals surface area contributed by atoms with Crippen molar-refractivity contribution in [3.05, 3.63) is 17.5 Å². The number of carbonyl (C=O) groups is 1. The average molecular weight is 209 g/mol. The largest absolute Gasteiger partial charge is 0.481 e. The molecule has 1 heterocycles. The summed E-state index contributed by atoms with van der Waals surface area (Å²) in [6, 6.07) is 0. The van der Waals surface area contributed by atoms with E-state index in [0.29, 0.717) is 5.92 Å². The van der Waals surface area contributed by atoms with Crippen LogP contribution in [0, 0.1) is 11.8 Å². The standard InChI is InChI=1S/C11H15NO3/c1-6-3-4-8-5-12-15-10(8)9(6)7(2)11(13)14/h5-7,9H,3-4H2,1-2H3,(H,13,14). The van der Waals surface area contributed by atoms with Crippen molar-refractivity contribution >= 4 is 5.97 Å². The van der Waals surface area contributed by atoms with E-state index in [-0.39, 0.29) is 5.92 Å². The quantitative estimate of drug-likeness (QED) is 0.809. The minimum atomic E-state index is -0.767. The van der Waals surface area contributed by atoms with Gasteiger partial charge in [0.25, 0.3) is 0 Å². The van der Waals surface area contributed by atoms with Gasteiger partial charge in [0.2, 0.25) is 0 Å². The summed E-state index contributed by atoms with van der Waals surface area (Å²) >= 11 is 0. The first-order valence-electron chi connectivity index (χ1n) is 5.27. The highest BCUT2D eigenvalue weighted by atomic mass is 16.5. The van der Waals surface area contributed by atoms with Crippen LogP contribution in [-0.4, -0.2) is 16.2 Å². The van der Waals surface area contributed by atoms with Crippen LogP contribution in [0.5, 0.6) is 0 Å². The maximum Gasteiger partial charge on any atom is 0.306 e. The van der Waals surface area contributed by atoms with Crippen LogP contribution in [0.1, 0.15) is 37.5 Å². The number of fused-ring (bicyclic) bond motifs is 1. The van der Waals surface area contributed by atoms with Crippen LogP contribution in [0.15, 0.2) is 10.7 Å². The molecule has 0 aromatic carbocycles. The number of nitrogens with zero attached hydrogens (tertiary/aromatic N) is 1. The molecular formula is C11H15NO3. The highest BCUT2D eigenvalue weighted by Crippen LogP contribution is 2.40. The monoisotopic (exact) mass is 209 g/mol. The summed E-state index contributed by atoms with van der Waals surface area (Å²) in [5.74, 6) is -0.0861. The topological polar surface area (TPSA) is 63.3 Å². The van der Waals surface area contributed by atoms with Crippen molar-refractivity contribution in [2.75, 3.05) is 0 Å². The first-order chi connectivity index (χ1) is 7.11. The van der Waals surface area contributed by atoms with Crippen molar-refractivity contribution in [2.24, 2.45) is 11.8 Å². The van der Waals surface area contributed by atoms with Gasteiger partial charge in [0.15, 0.2) is 0 Å². The van der Waals surface area contributed by atoms with E-state index in [1.54, 1.807) is 13.1 Å². The molecule has 1 aromatic rings. The third kappa shape index (κ3) is 1.64. The Balaban J connectivity index is 2.35. The molecule has 0 spiro atoms. The maximum atomic E-state index is 11.0. The molecule has 1 aromatic heterocycles. The van der Waals surface area contributed by atoms with Gasteiger partial charge in [0.05, 0.1) is 12.1 Å². The SMILES string of the molecule is CC1CCc2cnoc2C1C(C)C(=O)O. The zero-order chi connectivity index (χ0) is 11.0. The highest BCUT2D eigenvalue weighted by Gasteiger charge is 2.37. The van der Waals surface area contributed by atoms with E-state index in [1.165, 1.54) is 0 Å². The fraction of sp³-hybridized carbons (Fsp3) is 0.636. The third-order valence-corrected chi connectivity index (χ3v) is 3.39. The van der Waals surface area contributed by atoms with E-state index in [9.17, 15) is 4.79 Å². The fourth-order valence-corrected chi connectivity index (χ4v) is 2.43. The molecule has 0 fully saturated rings. The van der Waals surface area contributed by atoms with Gasteiger partial charge in [0, 0.05) is 11.5 Å². The molecule has 2 rings (SSSR count). The zero-order valence-corrected chi connectivity index (χ0v) is 8.93. The summed E-state index contributed by atoms with van der Waals surface area (Å²) in [5.41, 5.74) is 1.08. The van der Waals surface area contributed by atoms with Crippen molar-refractivity contribution in [3.63, 3.8) is 0 Å². The summed E-state index contributed by atoms with van der Waals surface area (Å²) in [4.78, 5) is 11.0. The highest BCUT2D eigenvalue weighted by molar-refractivity contribution is 5.71. The molecule has 4 nitrogen and oxygen atoms in total. The lowest BCUT2D eigenvalue weighted by molar-refractivity contribution is -0.142. The van der Waals surface area contributed by atoms with Gasteiger partial charge in [0.1, 0.15) is 5.76 Å². The smallest absolute Gasteiger partial charge is 0.306 e. The minimum absolute atomic E-state index is 0.0336. The first-order valence-corrected chi connectivity index (χ1v) is 5.27. The molecule has 3 atom stereocenters. The summed E-state index contributed by atoms with van der Waals surface area (Å²) in [5, 5.41) is 12.8. The fourth-order valence-electron chi connectivity index (χ4n) is 2.43. The van der Waals surface area contributed by atoms with Crippen molar-refractivity contribution in [1.82, 2.24) is 5.16 Å². The number of carboxylic acids is 1. The van der Waals surface area contributed by atoms with Crippen LogP contribution >= 0.6 is 0 Å². The van der Waals surface area contributed by atoms with Crippen LogP contribution in [0.25, 0.3) is 0 Å². The Kier molecular flexibility index (Phi) is 2.50. The van der Waals surface area contributed by atoms with E-state index in [2.05, 4.69) is 12.1 Å². The molecule has 1 aliphatic rings. The number of carboxylic acid groups (broad SMARTS) is 1. The molecular weight excluding hydrogens is 194 g/mol. The van der Waals surface area contributed by atoms with Crippen LogP contribution < -0.4 is 0 Å². The molecule has 0 bridgehead atoms. The van der Waals surface area contributed by atoms with Crippen molar-refractivity contribution in [1.29, 1.82) is 0 Å². The van der Waals surface area contributed by atoms with Crippen molar-refractivity contribution < 1.29 is 14.4 Å². The lowest BCUT2D eigenvalue weighted by Crippen LogP contribution is -2.27. The minimum Gasteiger partial charge on any atom is -0.481 e. The van der Waals surface area contributed by atoms with Crippen molar-refractivity contribution in [2.45, 2.75) is 32.6 Å². The van der Waals surface area contributed by atoms with E-state index in [1.807, 2.05) is 0 Å². The lowest BCUT2D eigenvalue weighted by atomic mass is 9.74. The summed E-state index contributed by atoms with van der Waals surface area (Å²) in [7, 11) is 0. The van der Waals surface area contributed by atoms with Gasteiger partial charge in [-0.15, -0.1) is 0 Å². The molecule has 82 valence electrons. The van der Waals surface area contributed by atoms with E-state index in [0.717, 1.165) is 24.2 Å². The molecule has 3 unspecified atom stereocenters. The van der Waals surface area contributed by atoms with Gasteiger partial charge < -0.3 is 9.63 Å². The van der Waals surface area contributed by atoms with E-state index in [4.69, 9.17) is 9.63 Å². The molecule has 0 aliphatic heterocycles. The van der Waals surface area contributed by atoms with Crippen LogP contribution in [0.4, 0.5) is 0 Å². The summed E-state index contributed by atoms with van der Waals surface area (Å²) in [6.07, 6.45) is 3.67. The third-order valence-electron chi connectivity index (χ3n) is 3.39. The first kappa shape index (κ1) is 10.2. The zero-order valence-electron chi connectivity index (χ0n) is 8.93. The molecule has 0 amide bonds. The Hall–Kier alpha value is -1.32. The Bertz CT molecular complexity index is 372. The number of aryl methyl sites for hydroxylation is 1. The molecule has 15 heavy (non-hydrogen) atoms. The summed E-state index contributed by atoms with van der Waals surface area (Å²) in [6.45, 7) is 3.82. The normalized spacial score (nSPS) is 27.1. The predicted octanol–water partition coefficient (Wildman–Crippen LogP) is 2.06. The molecule has 4 heteroatoms. The molecule has 0 saturated heterocycles. The molecule has 1 N–H and O–H groups in total. The second-order valence-electron chi connectivity index (χ2n) is 4.38. The second kappa shape index (κ2) is 3.68. The van der Waals surface area contributed by atoms with Gasteiger partial charge in [-0.25, -0.2) is 0 Å². The van der Waals surface area contributed by atoms with Crippen LogP contribution in [-0.2, 0) is 11.2 Å². The number of hydrogen-bond donors (Lipinski definition) is 1. The lowest BCUT2D eigenvalue weighted by Gasteiger charge is -2.29. The second-order valence-corrected chi connectivity index (χ2v) is 4.38. The molecule has 0 saturated carbocycles. The van der Waals surface area contributed by atoms with Crippen molar-refractivity contribution in [3.8, 4) is 0 Å². The Morgan fingerprint density at radius 2 is 2.47 bits per heavy atom. The van der Waals surface area contributed by atoms with Gasteiger partial charge in [-0.3, -0.25) is 4.79 Å². The van der Waals surface area contributed by atoms with Crippen LogP contribution in [0.3, 0.4) is 0 Å². The molecule has 1 aliphatic carbocycles. The van der Waals surface area contributed by atoms with Crippen LogP contribution in [0.2, 0.25) is 0 Å². The van der Waals surface area contributed by atoms with Gasteiger partial charge in [-0.05, 0) is 18.8 Å². The van der Waals surface area contributed by atoms with E-state index >= 15 is 0 Å². The number of hydrogen-bond acceptors (Lipinski definition) is 3. The molecule has 0 radical (unpaired) electrons. The Labute approximate surface area is 88.3 Å². The Morgan fingerprint density at radius 1 is 1.73 bits per heavy atom. The number of rotatable bonds is 2. The predicted molar refractivity (Wildman–Crippen MR) is 53.5 cm³/mol. The van der Waals surface area contributed by atoms with E-state index < -0.39 is 11.9 Å². The number of aliphatic carboxylic acids is 1. The maximum absolute atomic E-state index is 11.0. The Morgan fingerprint density at radius 3 is 3.13 bits per heavy atom.